The van der Waals surface area contributed by atoms with Crippen molar-refractivity contribution < 1.29 is 33.0 Å². The third kappa shape index (κ3) is 5.75. The van der Waals surface area contributed by atoms with Crippen molar-refractivity contribution in [1.29, 1.82) is 0 Å². The molecule has 3 aromatic rings. The smallest absolute Gasteiger partial charge is 0.326 e. The quantitative estimate of drug-likeness (QED) is 0.423. The number of aliphatic carboxylic acids is 1. The molecule has 1 aliphatic heterocycles. The zero-order chi connectivity index (χ0) is 26.7. The summed E-state index contributed by atoms with van der Waals surface area (Å²) in [6.45, 7) is 0.0857. The Morgan fingerprint density at radius 3 is 2.43 bits per heavy atom. The third-order valence-electron chi connectivity index (χ3n) is 6.24. The number of rotatable bonds is 8. The molecule has 1 saturated heterocycles. The van der Waals surface area contributed by atoms with E-state index in [0.29, 0.717) is 27.3 Å². The molecule has 1 aliphatic rings. The van der Waals surface area contributed by atoms with Gasteiger partial charge < -0.3 is 20.5 Å². The number of likely N-dealkylation sites (tertiary alicyclic amines) is 1. The zero-order valence-electron chi connectivity index (χ0n) is 19.8. The Labute approximate surface area is 216 Å². The first-order valence-electron chi connectivity index (χ1n) is 11.4. The lowest BCUT2D eigenvalue weighted by molar-refractivity contribution is -0.141. The second-order valence-corrected chi connectivity index (χ2v) is 9.47. The second kappa shape index (κ2) is 11.0. The summed E-state index contributed by atoms with van der Waals surface area (Å²) in [5.41, 5.74) is 7.56. The molecule has 192 valence electrons. The van der Waals surface area contributed by atoms with Crippen LogP contribution in [0.15, 0.2) is 65.6 Å². The maximum Gasteiger partial charge on any atom is 0.326 e. The van der Waals surface area contributed by atoms with E-state index >= 15 is 0 Å². The molecule has 0 spiro atoms. The molecule has 0 saturated carbocycles. The van der Waals surface area contributed by atoms with Crippen LogP contribution in [-0.2, 0) is 16.2 Å². The van der Waals surface area contributed by atoms with Gasteiger partial charge in [0.2, 0.25) is 5.91 Å². The fourth-order valence-corrected chi connectivity index (χ4v) is 4.90. The number of ether oxygens (including phenoxy) is 1. The number of benzene rings is 3. The molecule has 4 rings (SSSR count). The van der Waals surface area contributed by atoms with Crippen LogP contribution in [-0.4, -0.2) is 46.6 Å². The SMILES string of the molecule is CSc1cc(F)c(F)cc1-c1ccc(OCc2cccc(C(=O)N3C[C@H](C(N)=O)C[C@H]3C(=O)O)c2)cc1. The van der Waals surface area contributed by atoms with E-state index in [1.165, 1.54) is 23.9 Å². The summed E-state index contributed by atoms with van der Waals surface area (Å²) in [6, 6.07) is 14.7. The van der Waals surface area contributed by atoms with Crippen LogP contribution in [0.1, 0.15) is 22.3 Å². The van der Waals surface area contributed by atoms with Gasteiger partial charge in [0, 0.05) is 17.0 Å². The zero-order valence-corrected chi connectivity index (χ0v) is 20.6. The van der Waals surface area contributed by atoms with Crippen molar-refractivity contribution >= 4 is 29.5 Å². The molecule has 1 fully saturated rings. The first-order valence-corrected chi connectivity index (χ1v) is 12.6. The molecule has 0 aliphatic carbocycles. The van der Waals surface area contributed by atoms with E-state index in [9.17, 15) is 28.3 Å². The van der Waals surface area contributed by atoms with Crippen LogP contribution >= 0.6 is 11.8 Å². The van der Waals surface area contributed by atoms with Gasteiger partial charge in [-0.1, -0.05) is 24.3 Å². The summed E-state index contributed by atoms with van der Waals surface area (Å²) < 4.78 is 33.2. The first kappa shape index (κ1) is 26.2. The highest BCUT2D eigenvalue weighted by Crippen LogP contribution is 2.33. The number of nitrogens with zero attached hydrogens (tertiary/aromatic N) is 1. The van der Waals surface area contributed by atoms with Gasteiger partial charge in [0.1, 0.15) is 18.4 Å². The summed E-state index contributed by atoms with van der Waals surface area (Å²) in [4.78, 5) is 38.0. The molecule has 0 aromatic heterocycles. The van der Waals surface area contributed by atoms with E-state index in [2.05, 4.69) is 0 Å². The first-order chi connectivity index (χ1) is 17.7. The predicted octanol–water partition coefficient (Wildman–Crippen LogP) is 4.33. The third-order valence-corrected chi connectivity index (χ3v) is 7.01. The Hall–Kier alpha value is -3.92. The lowest BCUT2D eigenvalue weighted by Gasteiger charge is -2.21. The number of hydrogen-bond donors (Lipinski definition) is 2. The van der Waals surface area contributed by atoms with Crippen molar-refractivity contribution in [3.63, 3.8) is 0 Å². The van der Waals surface area contributed by atoms with Crippen molar-refractivity contribution in [1.82, 2.24) is 4.90 Å². The summed E-state index contributed by atoms with van der Waals surface area (Å²) in [6.07, 6.45) is 1.77. The minimum Gasteiger partial charge on any atom is -0.489 e. The Morgan fingerprint density at radius 1 is 1.08 bits per heavy atom. The Bertz CT molecular complexity index is 1350. The van der Waals surface area contributed by atoms with E-state index in [0.717, 1.165) is 4.90 Å². The van der Waals surface area contributed by atoms with Crippen LogP contribution in [0, 0.1) is 17.6 Å². The molecule has 1 heterocycles. The Balaban J connectivity index is 1.45. The van der Waals surface area contributed by atoms with E-state index in [-0.39, 0.29) is 25.1 Å². The number of thioether (sulfide) groups is 1. The molecule has 3 N–H and O–H groups in total. The van der Waals surface area contributed by atoms with Gasteiger partial charge in [-0.05, 0) is 65.8 Å². The normalized spacial score (nSPS) is 17.0. The Kier molecular flexibility index (Phi) is 7.77. The molecular weight excluding hydrogens is 502 g/mol. The summed E-state index contributed by atoms with van der Waals surface area (Å²) in [7, 11) is 0. The molecule has 3 aromatic carbocycles. The van der Waals surface area contributed by atoms with Gasteiger partial charge in [-0.3, -0.25) is 9.59 Å². The standard InChI is InChI=1S/C27H24F2N2O5S/c1-37-24-12-22(29)21(28)11-20(24)16-5-7-19(8-6-16)36-14-15-3-2-4-17(9-15)26(33)31-13-18(25(30)32)10-23(31)27(34)35/h2-9,11-12,18,23H,10,13-14H2,1H3,(H2,30,32)(H,34,35)/t18-,23+/m1/s1. The van der Waals surface area contributed by atoms with Gasteiger partial charge in [0.15, 0.2) is 11.6 Å². The Morgan fingerprint density at radius 2 is 1.78 bits per heavy atom. The van der Waals surface area contributed by atoms with E-state index in [1.54, 1.807) is 54.8 Å². The van der Waals surface area contributed by atoms with Gasteiger partial charge in [-0.2, -0.15) is 0 Å². The summed E-state index contributed by atoms with van der Waals surface area (Å²) in [5, 5.41) is 9.49. The fraction of sp³-hybridized carbons (Fsp3) is 0.222. The second-order valence-electron chi connectivity index (χ2n) is 8.63. The van der Waals surface area contributed by atoms with E-state index in [4.69, 9.17) is 10.5 Å². The maximum atomic E-state index is 13.8. The molecule has 7 nitrogen and oxygen atoms in total. The van der Waals surface area contributed by atoms with Crippen molar-refractivity contribution in [2.75, 3.05) is 12.8 Å². The topological polar surface area (TPSA) is 110 Å². The lowest BCUT2D eigenvalue weighted by atomic mass is 10.1. The number of hydrogen-bond acceptors (Lipinski definition) is 5. The summed E-state index contributed by atoms with van der Waals surface area (Å²) >= 11 is 1.32. The minimum atomic E-state index is -1.19. The predicted molar refractivity (Wildman–Crippen MR) is 134 cm³/mol. The number of nitrogens with two attached hydrogens (primary N) is 1. The van der Waals surface area contributed by atoms with Gasteiger partial charge in [-0.25, -0.2) is 13.6 Å². The molecule has 37 heavy (non-hydrogen) atoms. The van der Waals surface area contributed by atoms with Gasteiger partial charge >= 0.3 is 5.97 Å². The van der Waals surface area contributed by atoms with Crippen LogP contribution in [0.4, 0.5) is 8.78 Å². The van der Waals surface area contributed by atoms with Gasteiger partial charge in [-0.15, -0.1) is 11.8 Å². The van der Waals surface area contributed by atoms with Crippen LogP contribution < -0.4 is 10.5 Å². The number of carboxylic acid groups (broad SMARTS) is 1. The molecule has 2 atom stereocenters. The molecule has 10 heteroatoms. The van der Waals surface area contributed by atoms with E-state index < -0.39 is 41.4 Å². The van der Waals surface area contributed by atoms with Crippen molar-refractivity contribution in [2.24, 2.45) is 11.7 Å². The van der Waals surface area contributed by atoms with Crippen LogP contribution in [0.2, 0.25) is 0 Å². The molecule has 0 radical (unpaired) electrons. The molecule has 0 unspecified atom stereocenters. The number of carboxylic acids is 1. The van der Waals surface area contributed by atoms with E-state index in [1.807, 2.05) is 0 Å². The largest absolute Gasteiger partial charge is 0.489 e. The maximum absolute atomic E-state index is 13.8. The minimum absolute atomic E-state index is 0.0157. The highest BCUT2D eigenvalue weighted by Gasteiger charge is 2.42. The number of amides is 2. The molecule has 2 amide bonds. The van der Waals surface area contributed by atoms with Crippen LogP contribution in [0.25, 0.3) is 11.1 Å². The lowest BCUT2D eigenvalue weighted by Crippen LogP contribution is -2.40. The van der Waals surface area contributed by atoms with Crippen molar-refractivity contribution in [3.05, 3.63) is 83.4 Å². The summed E-state index contributed by atoms with van der Waals surface area (Å²) in [5.74, 6) is -4.32. The van der Waals surface area contributed by atoms with Gasteiger partial charge in [0.25, 0.3) is 5.91 Å². The highest BCUT2D eigenvalue weighted by molar-refractivity contribution is 7.98. The van der Waals surface area contributed by atoms with Gasteiger partial charge in [0.05, 0.1) is 5.92 Å². The number of primary amides is 1. The molecule has 0 bridgehead atoms. The molecular formula is C27H24F2N2O5S. The highest BCUT2D eigenvalue weighted by atomic mass is 32.2. The average molecular weight is 527 g/mol. The fourth-order valence-electron chi connectivity index (χ4n) is 4.28. The monoisotopic (exact) mass is 526 g/mol. The van der Waals surface area contributed by atoms with Crippen molar-refractivity contribution in [3.8, 4) is 16.9 Å². The van der Waals surface area contributed by atoms with Crippen LogP contribution in [0.5, 0.6) is 5.75 Å². The van der Waals surface area contributed by atoms with Crippen molar-refractivity contribution in [2.45, 2.75) is 24.0 Å². The number of carbonyl (C=O) groups is 3. The number of halogens is 2. The van der Waals surface area contributed by atoms with Crippen LogP contribution in [0.3, 0.4) is 0 Å². The number of carbonyl (C=O) groups excluding carboxylic acids is 2. The average Bonchev–Trinajstić information content (AvgIpc) is 3.35.